The van der Waals surface area contributed by atoms with Crippen LogP contribution in [0.4, 0.5) is 4.39 Å². The van der Waals surface area contributed by atoms with Crippen molar-refractivity contribution in [1.29, 1.82) is 0 Å². The zero-order chi connectivity index (χ0) is 13.1. The molecule has 1 aromatic heterocycles. The van der Waals surface area contributed by atoms with E-state index in [0.717, 1.165) is 0 Å². The maximum absolute atomic E-state index is 13.2. The van der Waals surface area contributed by atoms with Gasteiger partial charge in [0.2, 0.25) is 0 Å². The minimum atomic E-state index is -0.978. The van der Waals surface area contributed by atoms with Crippen LogP contribution in [0.25, 0.3) is 0 Å². The summed E-state index contributed by atoms with van der Waals surface area (Å²) in [4.78, 5) is 15.3. The molecular formula is C14H12FNO2. The van der Waals surface area contributed by atoms with Gasteiger partial charge < -0.3 is 5.11 Å². The molecule has 0 bridgehead atoms. The molecule has 0 aliphatic rings. The Bertz CT molecular complexity index is 569. The van der Waals surface area contributed by atoms with E-state index in [1.165, 1.54) is 18.3 Å². The quantitative estimate of drug-likeness (QED) is 0.904. The summed E-state index contributed by atoms with van der Waals surface area (Å²) in [5.41, 5.74) is 1.56. The van der Waals surface area contributed by atoms with Gasteiger partial charge in [-0.1, -0.05) is 18.2 Å². The van der Waals surface area contributed by atoms with Crippen molar-refractivity contribution in [3.8, 4) is 0 Å². The number of carbonyl (C=O) groups is 1. The first kappa shape index (κ1) is 12.2. The van der Waals surface area contributed by atoms with Gasteiger partial charge in [-0.15, -0.1) is 0 Å². The Morgan fingerprint density at radius 1 is 1.33 bits per heavy atom. The average Bonchev–Trinajstić information content (AvgIpc) is 2.35. The fourth-order valence-electron chi connectivity index (χ4n) is 1.87. The monoisotopic (exact) mass is 245 g/mol. The first-order valence-corrected chi connectivity index (χ1v) is 5.48. The van der Waals surface area contributed by atoms with Crippen LogP contribution in [-0.2, 0) is 4.79 Å². The number of hydrogen-bond acceptors (Lipinski definition) is 2. The lowest BCUT2D eigenvalue weighted by Gasteiger charge is -2.13. The molecule has 1 aromatic carbocycles. The van der Waals surface area contributed by atoms with Gasteiger partial charge in [0, 0.05) is 12.4 Å². The Hall–Kier alpha value is -2.23. The highest BCUT2D eigenvalue weighted by atomic mass is 19.1. The van der Waals surface area contributed by atoms with Crippen LogP contribution in [-0.4, -0.2) is 16.1 Å². The molecule has 4 heteroatoms. The SMILES string of the molecule is Cc1cc(C(C(=O)O)c2cccnc2)ccc1F. The molecule has 1 heterocycles. The maximum atomic E-state index is 13.2. The summed E-state index contributed by atoms with van der Waals surface area (Å²) < 4.78 is 13.2. The highest BCUT2D eigenvalue weighted by Gasteiger charge is 2.22. The lowest BCUT2D eigenvalue weighted by atomic mass is 9.91. The fourth-order valence-corrected chi connectivity index (χ4v) is 1.87. The molecule has 18 heavy (non-hydrogen) atoms. The number of pyridine rings is 1. The van der Waals surface area contributed by atoms with Crippen molar-refractivity contribution in [3.05, 3.63) is 65.2 Å². The topological polar surface area (TPSA) is 50.2 Å². The smallest absolute Gasteiger partial charge is 0.315 e. The van der Waals surface area contributed by atoms with Crippen LogP contribution in [0.3, 0.4) is 0 Å². The Morgan fingerprint density at radius 2 is 2.11 bits per heavy atom. The highest BCUT2D eigenvalue weighted by molar-refractivity contribution is 5.80. The Morgan fingerprint density at radius 3 is 2.67 bits per heavy atom. The number of benzene rings is 1. The van der Waals surface area contributed by atoms with Crippen molar-refractivity contribution in [3.63, 3.8) is 0 Å². The van der Waals surface area contributed by atoms with Crippen LogP contribution in [0.15, 0.2) is 42.7 Å². The summed E-state index contributed by atoms with van der Waals surface area (Å²) in [6.45, 7) is 1.61. The van der Waals surface area contributed by atoms with E-state index in [2.05, 4.69) is 4.98 Å². The summed E-state index contributed by atoms with van der Waals surface area (Å²) in [6.07, 6.45) is 3.09. The second-order valence-electron chi connectivity index (χ2n) is 4.07. The molecule has 3 nitrogen and oxygen atoms in total. The molecule has 0 fully saturated rings. The lowest BCUT2D eigenvalue weighted by molar-refractivity contribution is -0.137. The number of carboxylic acid groups (broad SMARTS) is 1. The Kier molecular flexibility index (Phi) is 3.37. The van der Waals surface area contributed by atoms with Gasteiger partial charge in [-0.05, 0) is 35.7 Å². The van der Waals surface area contributed by atoms with Gasteiger partial charge in [-0.3, -0.25) is 9.78 Å². The molecule has 0 aliphatic carbocycles. The largest absolute Gasteiger partial charge is 0.481 e. The third kappa shape index (κ3) is 2.37. The van der Waals surface area contributed by atoms with Gasteiger partial charge in [0.1, 0.15) is 11.7 Å². The second kappa shape index (κ2) is 4.96. The molecule has 1 N–H and O–H groups in total. The predicted molar refractivity (Wildman–Crippen MR) is 64.9 cm³/mol. The number of hydrogen-bond donors (Lipinski definition) is 1. The number of carboxylic acids is 1. The normalized spacial score (nSPS) is 12.1. The second-order valence-corrected chi connectivity index (χ2v) is 4.07. The molecule has 0 aliphatic heterocycles. The molecule has 0 spiro atoms. The van der Waals surface area contributed by atoms with Crippen LogP contribution in [0.5, 0.6) is 0 Å². The van der Waals surface area contributed by atoms with E-state index in [-0.39, 0.29) is 5.82 Å². The Labute approximate surface area is 104 Å². The number of halogens is 1. The Balaban J connectivity index is 2.49. The van der Waals surface area contributed by atoms with Crippen molar-refractivity contribution in [2.45, 2.75) is 12.8 Å². The zero-order valence-corrected chi connectivity index (χ0v) is 9.80. The van der Waals surface area contributed by atoms with Gasteiger partial charge in [0.25, 0.3) is 0 Å². The number of nitrogens with zero attached hydrogens (tertiary/aromatic N) is 1. The summed E-state index contributed by atoms with van der Waals surface area (Å²) in [7, 11) is 0. The molecule has 2 aromatic rings. The van der Waals surface area contributed by atoms with Crippen molar-refractivity contribution < 1.29 is 14.3 Å². The van der Waals surface area contributed by atoms with E-state index in [0.29, 0.717) is 16.7 Å². The van der Waals surface area contributed by atoms with E-state index >= 15 is 0 Å². The lowest BCUT2D eigenvalue weighted by Crippen LogP contribution is -2.13. The third-order valence-electron chi connectivity index (χ3n) is 2.78. The summed E-state index contributed by atoms with van der Waals surface area (Å²) in [5, 5.41) is 9.32. The predicted octanol–water partition coefficient (Wildman–Crippen LogP) is 2.75. The standard InChI is InChI=1S/C14H12FNO2/c1-9-7-10(4-5-12(9)15)13(14(17)18)11-3-2-6-16-8-11/h2-8,13H,1H3,(H,17,18). The van der Waals surface area contributed by atoms with Crippen LogP contribution in [0.1, 0.15) is 22.6 Å². The van der Waals surface area contributed by atoms with Crippen molar-refractivity contribution in [2.75, 3.05) is 0 Å². The number of aryl methyl sites for hydroxylation is 1. The van der Waals surface area contributed by atoms with Crippen molar-refractivity contribution in [1.82, 2.24) is 4.98 Å². The van der Waals surface area contributed by atoms with Crippen LogP contribution in [0, 0.1) is 12.7 Å². The van der Waals surface area contributed by atoms with Crippen LogP contribution in [0.2, 0.25) is 0 Å². The van der Waals surface area contributed by atoms with Crippen molar-refractivity contribution in [2.24, 2.45) is 0 Å². The van der Waals surface area contributed by atoms with Gasteiger partial charge in [0.05, 0.1) is 0 Å². The third-order valence-corrected chi connectivity index (χ3v) is 2.78. The number of aliphatic carboxylic acids is 1. The van der Waals surface area contributed by atoms with Gasteiger partial charge in [0.15, 0.2) is 0 Å². The fraction of sp³-hybridized carbons (Fsp3) is 0.143. The van der Waals surface area contributed by atoms with E-state index in [4.69, 9.17) is 0 Å². The highest BCUT2D eigenvalue weighted by Crippen LogP contribution is 2.25. The minimum absolute atomic E-state index is 0.339. The molecule has 0 saturated carbocycles. The van der Waals surface area contributed by atoms with Gasteiger partial charge >= 0.3 is 5.97 Å². The number of rotatable bonds is 3. The summed E-state index contributed by atoms with van der Waals surface area (Å²) in [6, 6.07) is 7.72. The molecule has 2 rings (SSSR count). The van der Waals surface area contributed by atoms with Gasteiger partial charge in [-0.2, -0.15) is 0 Å². The summed E-state index contributed by atoms with van der Waals surface area (Å²) >= 11 is 0. The molecule has 92 valence electrons. The maximum Gasteiger partial charge on any atom is 0.315 e. The van der Waals surface area contributed by atoms with Crippen LogP contribution < -0.4 is 0 Å². The van der Waals surface area contributed by atoms with Crippen molar-refractivity contribution >= 4 is 5.97 Å². The molecule has 1 atom stereocenters. The van der Waals surface area contributed by atoms with E-state index in [9.17, 15) is 14.3 Å². The first-order chi connectivity index (χ1) is 8.59. The first-order valence-electron chi connectivity index (χ1n) is 5.48. The average molecular weight is 245 g/mol. The molecule has 0 saturated heterocycles. The minimum Gasteiger partial charge on any atom is -0.481 e. The molecular weight excluding hydrogens is 233 g/mol. The molecule has 1 unspecified atom stereocenters. The van der Waals surface area contributed by atoms with Gasteiger partial charge in [-0.25, -0.2) is 4.39 Å². The van der Waals surface area contributed by atoms with E-state index in [1.54, 1.807) is 31.3 Å². The summed E-state index contributed by atoms with van der Waals surface area (Å²) in [5.74, 6) is -2.14. The number of aromatic nitrogens is 1. The molecule has 0 radical (unpaired) electrons. The van der Waals surface area contributed by atoms with E-state index in [1.807, 2.05) is 0 Å². The molecule has 0 amide bonds. The van der Waals surface area contributed by atoms with E-state index < -0.39 is 11.9 Å². The van der Waals surface area contributed by atoms with Crippen LogP contribution >= 0.6 is 0 Å². The zero-order valence-electron chi connectivity index (χ0n) is 9.80.